The topological polar surface area (TPSA) is 9.72 Å². The van der Waals surface area contributed by atoms with Crippen molar-refractivity contribution in [2.75, 3.05) is 14.7 Å². The molecule has 0 unspecified atom stereocenters. The Balaban J connectivity index is 0.920. The number of thiophene rings is 3. The lowest BCUT2D eigenvalue weighted by atomic mass is 10.1. The highest BCUT2D eigenvalue weighted by atomic mass is 32.1. The van der Waals surface area contributed by atoms with E-state index in [4.69, 9.17) is 0 Å². The first-order chi connectivity index (χ1) is 34.7. The van der Waals surface area contributed by atoms with Crippen LogP contribution in [0.3, 0.4) is 0 Å². The zero-order valence-corrected chi connectivity index (χ0v) is 40.2. The minimum Gasteiger partial charge on any atom is -0.310 e. The van der Waals surface area contributed by atoms with Gasteiger partial charge in [-0.05, 0) is 115 Å². The Morgan fingerprint density at radius 3 is 1.23 bits per heavy atom. The zero-order chi connectivity index (χ0) is 46.1. The van der Waals surface area contributed by atoms with Crippen LogP contribution in [0.25, 0.3) is 71.3 Å². The second kappa shape index (κ2) is 16.8. The molecule has 70 heavy (non-hydrogen) atoms. The molecule has 3 aromatic heterocycles. The normalized spacial score (nSPS) is 11.7. The molecule has 0 saturated heterocycles. The average molecular weight is 948 g/mol. The van der Waals surface area contributed by atoms with Crippen LogP contribution in [0.4, 0.5) is 51.2 Å². The lowest BCUT2D eigenvalue weighted by molar-refractivity contribution is 1.27. The molecule has 0 N–H and O–H groups in total. The van der Waals surface area contributed by atoms with E-state index in [1.54, 1.807) is 0 Å². The highest BCUT2D eigenvalue weighted by Crippen LogP contribution is 2.50. The second-order valence-corrected chi connectivity index (χ2v) is 20.8. The molecule has 330 valence electrons. The van der Waals surface area contributed by atoms with Crippen molar-refractivity contribution in [3.05, 3.63) is 249 Å². The van der Waals surface area contributed by atoms with Gasteiger partial charge in [-0.3, -0.25) is 0 Å². The summed E-state index contributed by atoms with van der Waals surface area (Å²) < 4.78 is 7.67. The highest BCUT2D eigenvalue weighted by molar-refractivity contribution is 7.27. The monoisotopic (exact) mass is 947 g/mol. The second-order valence-electron chi connectivity index (χ2n) is 17.7. The smallest absolute Gasteiger partial charge is 0.0640 e. The van der Waals surface area contributed by atoms with Crippen molar-refractivity contribution in [1.82, 2.24) is 0 Å². The Morgan fingerprint density at radius 1 is 0.214 bits per heavy atom. The Morgan fingerprint density at radius 2 is 0.614 bits per heavy atom. The summed E-state index contributed by atoms with van der Waals surface area (Å²) in [6.07, 6.45) is 0. The molecule has 0 radical (unpaired) electrons. The molecule has 11 aromatic carbocycles. The first-order valence-corrected chi connectivity index (χ1v) is 26.0. The zero-order valence-electron chi connectivity index (χ0n) is 37.7. The van der Waals surface area contributed by atoms with Crippen molar-refractivity contribution in [3.63, 3.8) is 0 Å². The molecule has 14 rings (SSSR count). The van der Waals surface area contributed by atoms with Crippen molar-refractivity contribution in [3.8, 4) is 0 Å². The van der Waals surface area contributed by atoms with Crippen molar-refractivity contribution >= 4 is 156 Å². The molecule has 0 fully saturated rings. The molecule has 0 spiro atoms. The number of fused-ring (bicyclic) bond motifs is 10. The van der Waals surface area contributed by atoms with Gasteiger partial charge in [-0.1, -0.05) is 140 Å². The average Bonchev–Trinajstić information content (AvgIpc) is 4.12. The van der Waals surface area contributed by atoms with Gasteiger partial charge in [0, 0.05) is 90.6 Å². The van der Waals surface area contributed by atoms with Gasteiger partial charge in [0.25, 0.3) is 0 Å². The number of hydrogen-bond acceptors (Lipinski definition) is 6. The predicted molar refractivity (Wildman–Crippen MR) is 307 cm³/mol. The van der Waals surface area contributed by atoms with E-state index >= 15 is 0 Å². The van der Waals surface area contributed by atoms with Crippen LogP contribution < -0.4 is 14.7 Å². The summed E-state index contributed by atoms with van der Waals surface area (Å²) in [5.41, 5.74) is 10.2. The molecule has 0 aliphatic carbocycles. The van der Waals surface area contributed by atoms with E-state index in [0.29, 0.717) is 0 Å². The Bertz CT molecular complexity index is 4260. The lowest BCUT2D eigenvalue weighted by Gasteiger charge is -2.29. The van der Waals surface area contributed by atoms with Crippen molar-refractivity contribution in [1.29, 1.82) is 0 Å². The van der Waals surface area contributed by atoms with Crippen LogP contribution in [-0.4, -0.2) is 0 Å². The minimum atomic E-state index is 1.09. The minimum absolute atomic E-state index is 1.09. The van der Waals surface area contributed by atoms with E-state index < -0.39 is 0 Å². The summed E-state index contributed by atoms with van der Waals surface area (Å²) in [7, 11) is 0. The van der Waals surface area contributed by atoms with Gasteiger partial charge in [-0.2, -0.15) is 0 Å². The largest absolute Gasteiger partial charge is 0.310 e. The van der Waals surface area contributed by atoms with Crippen LogP contribution in [0, 0.1) is 0 Å². The van der Waals surface area contributed by atoms with E-state index in [2.05, 4.69) is 263 Å². The summed E-state index contributed by atoms with van der Waals surface area (Å²) in [6, 6.07) is 91.0. The summed E-state index contributed by atoms with van der Waals surface area (Å²) in [4.78, 5) is 7.28. The standard InChI is InChI=1S/C64H41N3S3/c1-3-18-43(19-4-1)65(56-27-13-17-42-16-7-8-22-49(42)56)45-32-34-46(35-33-45)67(58-29-15-26-54-51-24-10-12-31-60(51)70-64(54)58)47-37-39-61-55(40-47)52-38-36-48(41-62(52)68-61)66(44-20-5-2-6-21-44)57-28-14-25-53-50-23-9-11-30-59(50)69-63(53)57/h1-41H. The van der Waals surface area contributed by atoms with Gasteiger partial charge in [0.2, 0.25) is 0 Å². The maximum absolute atomic E-state index is 2.46. The van der Waals surface area contributed by atoms with Crippen LogP contribution >= 0.6 is 34.0 Å². The summed E-state index contributed by atoms with van der Waals surface area (Å²) in [5, 5.41) is 10.1. The third-order valence-corrected chi connectivity index (χ3v) is 17.2. The maximum Gasteiger partial charge on any atom is 0.0640 e. The van der Waals surface area contributed by atoms with Crippen molar-refractivity contribution in [2.45, 2.75) is 0 Å². The number of hydrogen-bond donors (Lipinski definition) is 0. The van der Waals surface area contributed by atoms with Crippen molar-refractivity contribution < 1.29 is 0 Å². The van der Waals surface area contributed by atoms with Gasteiger partial charge >= 0.3 is 0 Å². The number of benzene rings is 11. The van der Waals surface area contributed by atoms with Gasteiger partial charge in [-0.15, -0.1) is 34.0 Å². The van der Waals surface area contributed by atoms with Crippen LogP contribution in [0.1, 0.15) is 0 Å². The van der Waals surface area contributed by atoms with Gasteiger partial charge in [0.1, 0.15) is 0 Å². The molecular weight excluding hydrogens is 907 g/mol. The fourth-order valence-electron chi connectivity index (χ4n) is 10.4. The van der Waals surface area contributed by atoms with E-state index in [0.717, 1.165) is 45.5 Å². The van der Waals surface area contributed by atoms with Crippen LogP contribution in [0.2, 0.25) is 0 Å². The van der Waals surface area contributed by atoms with Crippen LogP contribution in [0.15, 0.2) is 249 Å². The molecule has 0 atom stereocenters. The van der Waals surface area contributed by atoms with Crippen LogP contribution in [-0.2, 0) is 0 Å². The number of anilines is 9. The van der Waals surface area contributed by atoms with E-state index in [9.17, 15) is 0 Å². The number of rotatable bonds is 9. The van der Waals surface area contributed by atoms with Gasteiger partial charge < -0.3 is 14.7 Å². The molecule has 0 saturated carbocycles. The summed E-state index contributed by atoms with van der Waals surface area (Å²) in [6.45, 7) is 0. The first kappa shape index (κ1) is 40.8. The third-order valence-electron chi connectivity index (χ3n) is 13.6. The summed E-state index contributed by atoms with van der Waals surface area (Å²) >= 11 is 5.60. The molecule has 14 aromatic rings. The van der Waals surface area contributed by atoms with Crippen molar-refractivity contribution in [2.24, 2.45) is 0 Å². The number of nitrogens with zero attached hydrogens (tertiary/aromatic N) is 3. The quantitative estimate of drug-likeness (QED) is 0.143. The lowest BCUT2D eigenvalue weighted by Crippen LogP contribution is -2.12. The molecular formula is C64H41N3S3. The molecule has 0 aliphatic rings. The third kappa shape index (κ3) is 6.75. The summed E-state index contributed by atoms with van der Waals surface area (Å²) in [5.74, 6) is 0. The highest BCUT2D eigenvalue weighted by Gasteiger charge is 2.23. The Hall–Kier alpha value is -8.26. The van der Waals surface area contributed by atoms with Gasteiger partial charge in [0.15, 0.2) is 0 Å². The van der Waals surface area contributed by atoms with E-state index in [-0.39, 0.29) is 0 Å². The van der Waals surface area contributed by atoms with Gasteiger partial charge in [0.05, 0.1) is 26.5 Å². The maximum atomic E-state index is 2.46. The molecule has 0 bridgehead atoms. The van der Waals surface area contributed by atoms with E-state index in [1.165, 1.54) is 77.0 Å². The first-order valence-electron chi connectivity index (χ1n) is 23.6. The fraction of sp³-hybridized carbons (Fsp3) is 0. The molecule has 3 nitrogen and oxygen atoms in total. The van der Waals surface area contributed by atoms with Gasteiger partial charge in [-0.25, -0.2) is 0 Å². The molecule has 0 aliphatic heterocycles. The molecule has 0 amide bonds. The van der Waals surface area contributed by atoms with Crippen LogP contribution in [0.5, 0.6) is 0 Å². The molecule has 6 heteroatoms. The van der Waals surface area contributed by atoms with E-state index in [1.807, 2.05) is 34.0 Å². The SMILES string of the molecule is c1ccc(N(c2ccc(N(c3ccc4sc5cc(N(c6ccccc6)c6cccc7c6sc6ccccc67)ccc5c4c3)c3cccc4c3sc3ccccc34)cc2)c2cccc3ccccc23)cc1. The Labute approximate surface area is 417 Å². The Kier molecular flexibility index (Phi) is 9.76. The number of para-hydroxylation sites is 2. The molecule has 3 heterocycles. The predicted octanol–water partition coefficient (Wildman–Crippen LogP) is 20.4. The fourth-order valence-corrected chi connectivity index (χ4v) is 14.0.